The zero-order chi connectivity index (χ0) is 13.3. The molecule has 3 nitrogen and oxygen atoms in total. The van der Waals surface area contributed by atoms with Gasteiger partial charge in [-0.25, -0.2) is 4.39 Å². The van der Waals surface area contributed by atoms with E-state index in [-0.39, 0.29) is 23.4 Å². The van der Waals surface area contributed by atoms with Crippen molar-refractivity contribution in [1.29, 1.82) is 0 Å². The topological polar surface area (TPSA) is 37.4 Å². The highest BCUT2D eigenvalue weighted by molar-refractivity contribution is 14.1. The van der Waals surface area contributed by atoms with Crippen molar-refractivity contribution in [3.63, 3.8) is 0 Å². The minimum absolute atomic E-state index is 0.110. The van der Waals surface area contributed by atoms with Crippen LogP contribution in [0.25, 0.3) is 0 Å². The fraction of sp³-hybridized carbons (Fsp3) is 0.385. The number of likely N-dealkylation sites (tertiary alicyclic amines) is 1. The van der Waals surface area contributed by atoms with Gasteiger partial charge in [-0.2, -0.15) is 0 Å². The van der Waals surface area contributed by atoms with Crippen molar-refractivity contribution in [2.24, 2.45) is 5.92 Å². The van der Waals surface area contributed by atoms with E-state index in [0.717, 1.165) is 0 Å². The van der Waals surface area contributed by atoms with E-state index in [1.165, 1.54) is 18.2 Å². The van der Waals surface area contributed by atoms with Crippen molar-refractivity contribution in [3.05, 3.63) is 33.1 Å². The minimum Gasteiger partial charge on any atom is -0.337 e. The Morgan fingerprint density at radius 2 is 2.22 bits per heavy atom. The Labute approximate surface area is 118 Å². The zero-order valence-corrected chi connectivity index (χ0v) is 12.1. The van der Waals surface area contributed by atoms with Crippen LogP contribution in [0.1, 0.15) is 23.7 Å². The average Bonchev–Trinajstić information content (AvgIpc) is 2.32. The Morgan fingerprint density at radius 1 is 1.50 bits per heavy atom. The molecule has 1 aliphatic heterocycles. The van der Waals surface area contributed by atoms with Crippen LogP contribution in [-0.4, -0.2) is 29.7 Å². The highest BCUT2D eigenvalue weighted by Crippen LogP contribution is 2.19. The Bertz CT molecular complexity index is 504. The molecule has 1 atom stereocenters. The molecule has 1 aromatic carbocycles. The van der Waals surface area contributed by atoms with Gasteiger partial charge in [0.05, 0.1) is 5.56 Å². The summed E-state index contributed by atoms with van der Waals surface area (Å²) in [5, 5.41) is 0. The van der Waals surface area contributed by atoms with Crippen molar-refractivity contribution >= 4 is 34.3 Å². The molecule has 0 aromatic heterocycles. The summed E-state index contributed by atoms with van der Waals surface area (Å²) >= 11 is 1.95. The molecule has 96 valence electrons. The number of carbonyl (C=O) groups excluding carboxylic acids is 2. The van der Waals surface area contributed by atoms with E-state index in [4.69, 9.17) is 0 Å². The van der Waals surface area contributed by atoms with Gasteiger partial charge in [-0.15, -0.1) is 0 Å². The first kappa shape index (κ1) is 13.5. The third-order valence-corrected chi connectivity index (χ3v) is 4.01. The van der Waals surface area contributed by atoms with Gasteiger partial charge in [0.1, 0.15) is 11.6 Å². The molecule has 2 rings (SSSR count). The maximum absolute atomic E-state index is 13.0. The van der Waals surface area contributed by atoms with Crippen molar-refractivity contribution in [3.8, 4) is 0 Å². The van der Waals surface area contributed by atoms with Crippen molar-refractivity contribution in [2.45, 2.75) is 13.3 Å². The number of amides is 1. The first-order chi connectivity index (χ1) is 8.49. The number of carbonyl (C=O) groups is 2. The van der Waals surface area contributed by atoms with E-state index in [9.17, 15) is 14.0 Å². The van der Waals surface area contributed by atoms with Gasteiger partial charge in [-0.05, 0) is 40.8 Å². The van der Waals surface area contributed by atoms with Crippen LogP contribution in [0, 0.1) is 15.3 Å². The Hall–Kier alpha value is -0.980. The normalized spacial score (nSPS) is 20.1. The second kappa shape index (κ2) is 5.34. The summed E-state index contributed by atoms with van der Waals surface area (Å²) in [6, 6.07) is 4.13. The van der Waals surface area contributed by atoms with E-state index in [0.29, 0.717) is 28.6 Å². The third kappa shape index (κ3) is 2.71. The lowest BCUT2D eigenvalue weighted by Gasteiger charge is -2.30. The molecule has 0 saturated carbocycles. The molecule has 0 bridgehead atoms. The van der Waals surface area contributed by atoms with E-state index in [1.807, 2.05) is 29.5 Å². The number of Topliss-reactive ketones (excluding diaryl/α,β-unsaturated/α-hetero) is 1. The second-order valence-corrected chi connectivity index (χ2v) is 5.65. The number of nitrogens with zero attached hydrogens (tertiary/aromatic N) is 1. The molecular formula is C13H13FINO2. The largest absolute Gasteiger partial charge is 0.337 e. The smallest absolute Gasteiger partial charge is 0.254 e. The number of ketones is 1. The molecule has 18 heavy (non-hydrogen) atoms. The van der Waals surface area contributed by atoms with Crippen LogP contribution in [0.3, 0.4) is 0 Å². The molecule has 0 spiro atoms. The molecule has 0 unspecified atom stereocenters. The van der Waals surface area contributed by atoms with E-state index >= 15 is 0 Å². The summed E-state index contributed by atoms with van der Waals surface area (Å²) in [5.74, 6) is -0.384. The number of halogens is 2. The summed E-state index contributed by atoms with van der Waals surface area (Å²) in [5.41, 5.74) is 0.499. The number of hydrogen-bond donors (Lipinski definition) is 0. The van der Waals surface area contributed by atoms with Crippen molar-refractivity contribution < 1.29 is 14.0 Å². The Kier molecular flexibility index (Phi) is 3.99. The summed E-state index contributed by atoms with van der Waals surface area (Å²) in [7, 11) is 0. The summed E-state index contributed by atoms with van der Waals surface area (Å²) in [6.07, 6.45) is 0.407. The van der Waals surface area contributed by atoms with Gasteiger partial charge >= 0.3 is 0 Å². The predicted molar refractivity (Wildman–Crippen MR) is 73.8 cm³/mol. The lowest BCUT2D eigenvalue weighted by atomic mass is 9.98. The fourth-order valence-corrected chi connectivity index (χ4v) is 2.74. The van der Waals surface area contributed by atoms with Crippen molar-refractivity contribution in [2.75, 3.05) is 13.1 Å². The third-order valence-electron chi connectivity index (χ3n) is 3.12. The average molecular weight is 361 g/mol. The number of rotatable bonds is 1. The number of piperidine rings is 1. The molecule has 0 N–H and O–H groups in total. The molecule has 0 radical (unpaired) electrons. The van der Waals surface area contributed by atoms with Gasteiger partial charge in [0.15, 0.2) is 0 Å². The van der Waals surface area contributed by atoms with E-state index in [2.05, 4.69) is 0 Å². The van der Waals surface area contributed by atoms with Crippen LogP contribution in [0.4, 0.5) is 4.39 Å². The van der Waals surface area contributed by atoms with Gasteiger partial charge in [0.25, 0.3) is 5.91 Å². The van der Waals surface area contributed by atoms with Crippen LogP contribution < -0.4 is 0 Å². The van der Waals surface area contributed by atoms with E-state index < -0.39 is 0 Å². The van der Waals surface area contributed by atoms with Gasteiger partial charge in [-0.1, -0.05) is 6.92 Å². The Balaban J connectivity index is 2.19. The molecule has 1 fully saturated rings. The van der Waals surface area contributed by atoms with Crippen molar-refractivity contribution in [1.82, 2.24) is 4.90 Å². The molecule has 5 heteroatoms. The maximum Gasteiger partial charge on any atom is 0.254 e. The van der Waals surface area contributed by atoms with E-state index in [1.54, 1.807) is 4.90 Å². The molecule has 1 saturated heterocycles. The van der Waals surface area contributed by atoms with Crippen LogP contribution in [0.15, 0.2) is 18.2 Å². The number of hydrogen-bond acceptors (Lipinski definition) is 2. The second-order valence-electron chi connectivity index (χ2n) is 4.49. The van der Waals surface area contributed by atoms with Gasteiger partial charge in [0.2, 0.25) is 0 Å². The molecule has 1 amide bonds. The fourth-order valence-electron chi connectivity index (χ4n) is 2.03. The van der Waals surface area contributed by atoms with Gasteiger partial charge in [-0.3, -0.25) is 9.59 Å². The van der Waals surface area contributed by atoms with Gasteiger partial charge in [0, 0.05) is 29.0 Å². The molecule has 1 aliphatic rings. The van der Waals surface area contributed by atoms with Crippen LogP contribution in [-0.2, 0) is 4.79 Å². The highest BCUT2D eigenvalue weighted by atomic mass is 127. The lowest BCUT2D eigenvalue weighted by molar-refractivity contribution is -0.124. The van der Waals surface area contributed by atoms with Crippen LogP contribution in [0.5, 0.6) is 0 Å². The maximum atomic E-state index is 13.0. The summed E-state index contributed by atoms with van der Waals surface area (Å²) in [4.78, 5) is 25.4. The Morgan fingerprint density at radius 3 is 2.83 bits per heavy atom. The standard InChI is InChI=1S/C13H13FINO2/c1-8-7-16(5-4-12(8)17)13(18)10-3-2-9(14)6-11(10)15/h2-3,6,8H,4-5,7H2,1H3/t8-/m1/s1. The minimum atomic E-state index is -0.349. The summed E-state index contributed by atoms with van der Waals surface area (Å²) < 4.78 is 13.6. The number of benzene rings is 1. The monoisotopic (exact) mass is 361 g/mol. The predicted octanol–water partition coefficient (Wildman–Crippen LogP) is 2.48. The van der Waals surface area contributed by atoms with Gasteiger partial charge < -0.3 is 4.90 Å². The zero-order valence-electron chi connectivity index (χ0n) is 9.95. The van der Waals surface area contributed by atoms with Crippen LogP contribution in [0.2, 0.25) is 0 Å². The quantitative estimate of drug-likeness (QED) is 0.721. The highest BCUT2D eigenvalue weighted by Gasteiger charge is 2.28. The lowest BCUT2D eigenvalue weighted by Crippen LogP contribution is -2.43. The first-order valence-corrected chi connectivity index (χ1v) is 6.84. The summed E-state index contributed by atoms with van der Waals surface area (Å²) in [6.45, 7) is 2.73. The molecular weight excluding hydrogens is 348 g/mol. The molecule has 1 heterocycles. The van der Waals surface area contributed by atoms with Crippen LogP contribution >= 0.6 is 22.6 Å². The SMILES string of the molecule is C[C@@H]1CN(C(=O)c2ccc(F)cc2I)CCC1=O. The molecule has 1 aromatic rings. The first-order valence-electron chi connectivity index (χ1n) is 5.76. The molecule has 0 aliphatic carbocycles.